The van der Waals surface area contributed by atoms with Gasteiger partial charge in [-0.15, -0.1) is 0 Å². The molecule has 0 heterocycles. The number of rotatable bonds is 10. The Hall–Kier alpha value is -1.06. The van der Waals surface area contributed by atoms with Gasteiger partial charge in [0.15, 0.2) is 0 Å². The van der Waals surface area contributed by atoms with Crippen molar-refractivity contribution in [3.8, 4) is 5.75 Å². The number of aliphatic hydroxyl groups is 1. The number of hydrogen-bond donors (Lipinski definition) is 2. The molecule has 3 heteroatoms. The van der Waals surface area contributed by atoms with Gasteiger partial charge in [0.2, 0.25) is 0 Å². The highest BCUT2D eigenvalue weighted by atomic mass is 16.5. The number of aryl methyl sites for hydroxylation is 1. The summed E-state index contributed by atoms with van der Waals surface area (Å²) in [7, 11) is 0. The summed E-state index contributed by atoms with van der Waals surface area (Å²) in [5, 5.41) is 9.24. The first-order valence-electron chi connectivity index (χ1n) is 7.75. The van der Waals surface area contributed by atoms with Crippen LogP contribution in [0.5, 0.6) is 5.75 Å². The van der Waals surface area contributed by atoms with Crippen molar-refractivity contribution in [3.63, 3.8) is 0 Å². The van der Waals surface area contributed by atoms with Crippen molar-refractivity contribution in [2.24, 2.45) is 5.73 Å². The number of benzene rings is 1. The lowest BCUT2D eigenvalue weighted by Gasteiger charge is -2.25. The smallest absolute Gasteiger partial charge is 0.119 e. The molecule has 114 valence electrons. The van der Waals surface area contributed by atoms with Crippen molar-refractivity contribution in [2.45, 2.75) is 57.9 Å². The van der Waals surface area contributed by atoms with E-state index in [1.807, 2.05) is 19.1 Å². The Balaban J connectivity index is 2.28. The zero-order valence-corrected chi connectivity index (χ0v) is 12.9. The van der Waals surface area contributed by atoms with Crippen LogP contribution in [0.1, 0.15) is 51.5 Å². The molecule has 1 aromatic rings. The van der Waals surface area contributed by atoms with E-state index in [-0.39, 0.29) is 6.61 Å². The van der Waals surface area contributed by atoms with Crippen LogP contribution >= 0.6 is 0 Å². The number of aliphatic hydroxyl groups excluding tert-OH is 1. The van der Waals surface area contributed by atoms with E-state index in [2.05, 4.69) is 19.1 Å². The minimum atomic E-state index is -0.451. The average molecular weight is 279 g/mol. The van der Waals surface area contributed by atoms with Gasteiger partial charge in [-0.1, -0.05) is 32.4 Å². The number of nitrogens with two attached hydrogens (primary N) is 1. The van der Waals surface area contributed by atoms with E-state index in [9.17, 15) is 5.11 Å². The zero-order chi connectivity index (χ0) is 14.8. The highest BCUT2D eigenvalue weighted by Gasteiger charge is 2.20. The fourth-order valence-electron chi connectivity index (χ4n) is 2.12. The van der Waals surface area contributed by atoms with Crippen molar-refractivity contribution in [1.29, 1.82) is 0 Å². The maximum Gasteiger partial charge on any atom is 0.119 e. The van der Waals surface area contributed by atoms with Crippen LogP contribution in [0.2, 0.25) is 0 Å². The van der Waals surface area contributed by atoms with Crippen LogP contribution in [0.4, 0.5) is 0 Å². The van der Waals surface area contributed by atoms with Gasteiger partial charge >= 0.3 is 0 Å². The maximum absolute atomic E-state index is 9.24. The summed E-state index contributed by atoms with van der Waals surface area (Å²) in [6, 6.07) is 8.34. The first-order chi connectivity index (χ1) is 9.63. The minimum absolute atomic E-state index is 0.0373. The van der Waals surface area contributed by atoms with Crippen molar-refractivity contribution < 1.29 is 9.84 Å². The molecule has 1 unspecified atom stereocenters. The molecule has 20 heavy (non-hydrogen) atoms. The summed E-state index contributed by atoms with van der Waals surface area (Å²) in [5.74, 6) is 0.911. The van der Waals surface area contributed by atoms with Crippen LogP contribution < -0.4 is 10.5 Å². The topological polar surface area (TPSA) is 55.5 Å². The van der Waals surface area contributed by atoms with E-state index in [1.165, 1.54) is 18.4 Å². The quantitative estimate of drug-likeness (QED) is 0.646. The van der Waals surface area contributed by atoms with E-state index >= 15 is 0 Å². The Morgan fingerprint density at radius 2 is 1.85 bits per heavy atom. The van der Waals surface area contributed by atoms with E-state index in [0.29, 0.717) is 6.61 Å². The second-order valence-corrected chi connectivity index (χ2v) is 5.57. The normalized spacial score (nSPS) is 14.0. The monoisotopic (exact) mass is 279 g/mol. The third kappa shape index (κ3) is 5.93. The van der Waals surface area contributed by atoms with Crippen molar-refractivity contribution in [2.75, 3.05) is 13.2 Å². The average Bonchev–Trinajstić information content (AvgIpc) is 2.50. The maximum atomic E-state index is 9.24. The fourth-order valence-corrected chi connectivity index (χ4v) is 2.12. The summed E-state index contributed by atoms with van der Waals surface area (Å²) in [6.45, 7) is 4.90. The van der Waals surface area contributed by atoms with E-state index in [1.54, 1.807) is 0 Å². The second kappa shape index (κ2) is 8.98. The summed E-state index contributed by atoms with van der Waals surface area (Å²) in [4.78, 5) is 0. The molecule has 1 rings (SSSR count). The van der Waals surface area contributed by atoms with Gasteiger partial charge < -0.3 is 15.6 Å². The van der Waals surface area contributed by atoms with E-state index in [4.69, 9.17) is 10.5 Å². The standard InChI is InChI=1S/C17H29NO2/c1-3-5-7-15-8-10-16(11-9-15)20-13-6-12-17(18,4-2)14-19/h8-11,19H,3-7,12-14,18H2,1-2H3. The fraction of sp³-hybridized carbons (Fsp3) is 0.647. The molecule has 3 N–H and O–H groups in total. The van der Waals surface area contributed by atoms with E-state index in [0.717, 1.165) is 31.4 Å². The van der Waals surface area contributed by atoms with Crippen molar-refractivity contribution >= 4 is 0 Å². The molecule has 0 amide bonds. The molecule has 0 bridgehead atoms. The zero-order valence-electron chi connectivity index (χ0n) is 12.9. The second-order valence-electron chi connectivity index (χ2n) is 5.57. The highest BCUT2D eigenvalue weighted by Crippen LogP contribution is 2.16. The molecule has 0 aliphatic carbocycles. The predicted octanol–water partition coefficient (Wildman–Crippen LogP) is 3.29. The Bertz CT molecular complexity index is 358. The molecular formula is C17H29NO2. The van der Waals surface area contributed by atoms with Gasteiger partial charge in [-0.2, -0.15) is 0 Å². The number of unbranched alkanes of at least 4 members (excludes halogenated alkanes) is 1. The lowest BCUT2D eigenvalue weighted by atomic mass is 9.93. The summed E-state index contributed by atoms with van der Waals surface area (Å²) < 4.78 is 5.71. The van der Waals surface area contributed by atoms with Crippen LogP contribution in [0, 0.1) is 0 Å². The lowest BCUT2D eigenvalue weighted by Crippen LogP contribution is -2.43. The first-order valence-corrected chi connectivity index (χ1v) is 7.75. The summed E-state index contributed by atoms with van der Waals surface area (Å²) >= 11 is 0. The molecule has 1 atom stereocenters. The van der Waals surface area contributed by atoms with Gasteiger partial charge in [-0.05, 0) is 49.8 Å². The van der Waals surface area contributed by atoms with Crippen molar-refractivity contribution in [1.82, 2.24) is 0 Å². The Morgan fingerprint density at radius 3 is 2.40 bits per heavy atom. The van der Waals surface area contributed by atoms with Crippen LogP contribution in [-0.2, 0) is 6.42 Å². The molecule has 0 saturated carbocycles. The van der Waals surface area contributed by atoms with Crippen LogP contribution in [-0.4, -0.2) is 23.9 Å². The van der Waals surface area contributed by atoms with E-state index < -0.39 is 5.54 Å². The highest BCUT2D eigenvalue weighted by molar-refractivity contribution is 5.27. The molecule has 3 nitrogen and oxygen atoms in total. The predicted molar refractivity (Wildman–Crippen MR) is 84.1 cm³/mol. The molecule has 0 spiro atoms. The lowest BCUT2D eigenvalue weighted by molar-refractivity contribution is 0.171. The van der Waals surface area contributed by atoms with Crippen LogP contribution in [0.3, 0.4) is 0 Å². The first kappa shape index (κ1) is 17.0. The number of hydrogen-bond acceptors (Lipinski definition) is 3. The van der Waals surface area contributed by atoms with Gasteiger partial charge in [0.05, 0.1) is 13.2 Å². The minimum Gasteiger partial charge on any atom is -0.494 e. The molecule has 0 fully saturated rings. The molecular weight excluding hydrogens is 250 g/mol. The molecule has 0 aromatic heterocycles. The van der Waals surface area contributed by atoms with Gasteiger partial charge in [0.25, 0.3) is 0 Å². The van der Waals surface area contributed by atoms with Gasteiger partial charge in [0.1, 0.15) is 5.75 Å². The van der Waals surface area contributed by atoms with Gasteiger partial charge in [-0.3, -0.25) is 0 Å². The largest absolute Gasteiger partial charge is 0.494 e. The third-order valence-corrected chi connectivity index (χ3v) is 3.85. The Morgan fingerprint density at radius 1 is 1.15 bits per heavy atom. The molecule has 0 aliphatic heterocycles. The van der Waals surface area contributed by atoms with Crippen LogP contribution in [0.15, 0.2) is 24.3 Å². The molecule has 1 aromatic carbocycles. The molecule has 0 radical (unpaired) electrons. The summed E-state index contributed by atoms with van der Waals surface area (Å²) in [6.07, 6.45) is 6.03. The molecule has 0 saturated heterocycles. The van der Waals surface area contributed by atoms with Gasteiger partial charge in [-0.25, -0.2) is 0 Å². The Kier molecular flexibility index (Phi) is 7.63. The SMILES string of the molecule is CCCCc1ccc(OCCCC(N)(CC)CO)cc1. The molecule has 0 aliphatic rings. The third-order valence-electron chi connectivity index (χ3n) is 3.85. The van der Waals surface area contributed by atoms with Gasteiger partial charge in [0, 0.05) is 5.54 Å². The van der Waals surface area contributed by atoms with Crippen LogP contribution in [0.25, 0.3) is 0 Å². The Labute approximate surface area is 123 Å². The van der Waals surface area contributed by atoms with Crippen molar-refractivity contribution in [3.05, 3.63) is 29.8 Å². The summed E-state index contributed by atoms with van der Waals surface area (Å²) in [5.41, 5.74) is 6.95. The number of ether oxygens (including phenoxy) is 1.